The Morgan fingerprint density at radius 2 is 1.83 bits per heavy atom. The average molecular weight is 431 g/mol. The predicted molar refractivity (Wildman–Crippen MR) is 106 cm³/mol. The van der Waals surface area contributed by atoms with Crippen LogP contribution in [-0.4, -0.2) is 42.4 Å². The highest BCUT2D eigenvalue weighted by Crippen LogP contribution is 2.32. The lowest BCUT2D eigenvalue weighted by atomic mass is 10.1. The first-order chi connectivity index (χ1) is 14.4. The third kappa shape index (κ3) is 3.83. The third-order valence-electron chi connectivity index (χ3n) is 4.97. The van der Waals surface area contributed by atoms with Crippen molar-refractivity contribution in [1.82, 2.24) is 14.3 Å². The molecule has 0 radical (unpaired) electrons. The van der Waals surface area contributed by atoms with Crippen LogP contribution in [0.4, 0.5) is 8.78 Å². The number of aromatic nitrogens is 2. The van der Waals surface area contributed by atoms with Gasteiger partial charge in [0.15, 0.2) is 0 Å². The molecular formula is C21H19F2N3O3S. The van der Waals surface area contributed by atoms with E-state index in [-0.39, 0.29) is 30.2 Å². The second-order valence-electron chi connectivity index (χ2n) is 6.90. The molecule has 0 aliphatic carbocycles. The molecule has 0 saturated carbocycles. The van der Waals surface area contributed by atoms with Crippen LogP contribution in [0.5, 0.6) is 0 Å². The van der Waals surface area contributed by atoms with Gasteiger partial charge in [0.2, 0.25) is 10.0 Å². The zero-order valence-electron chi connectivity index (χ0n) is 16.1. The minimum Gasteiger partial charge on any atom is -0.369 e. The minimum atomic E-state index is -3.94. The lowest BCUT2D eigenvalue weighted by Crippen LogP contribution is -2.42. The average Bonchev–Trinajstić information content (AvgIpc) is 2.76. The van der Waals surface area contributed by atoms with E-state index in [1.165, 1.54) is 34.9 Å². The number of nitrogens with zero attached hydrogens (tertiary/aromatic N) is 3. The molecule has 0 spiro atoms. The molecular weight excluding hydrogens is 412 g/mol. The summed E-state index contributed by atoms with van der Waals surface area (Å²) < 4.78 is 61.3. The molecule has 2 aromatic carbocycles. The highest BCUT2D eigenvalue weighted by Gasteiger charge is 2.34. The smallest absolute Gasteiger partial charge is 0.243 e. The number of morpholine rings is 1. The fourth-order valence-electron chi connectivity index (χ4n) is 3.34. The molecule has 1 saturated heterocycles. The van der Waals surface area contributed by atoms with Gasteiger partial charge >= 0.3 is 0 Å². The normalized spacial score (nSPS) is 17.8. The van der Waals surface area contributed by atoms with E-state index in [4.69, 9.17) is 4.74 Å². The summed E-state index contributed by atoms with van der Waals surface area (Å²) in [7, 11) is -3.94. The van der Waals surface area contributed by atoms with Gasteiger partial charge in [-0.25, -0.2) is 17.2 Å². The topological polar surface area (TPSA) is 72.4 Å². The minimum absolute atomic E-state index is 0.0437. The number of aryl methyl sites for hydroxylation is 1. The van der Waals surface area contributed by atoms with Crippen LogP contribution < -0.4 is 0 Å². The number of ether oxygens (including phenoxy) is 1. The van der Waals surface area contributed by atoms with Crippen molar-refractivity contribution < 1.29 is 21.9 Å². The quantitative estimate of drug-likeness (QED) is 0.632. The lowest BCUT2D eigenvalue weighted by molar-refractivity contribution is -0.00478. The summed E-state index contributed by atoms with van der Waals surface area (Å²) >= 11 is 0. The highest BCUT2D eigenvalue weighted by molar-refractivity contribution is 7.89. The van der Waals surface area contributed by atoms with E-state index in [9.17, 15) is 17.2 Å². The number of hydrogen-bond acceptors (Lipinski definition) is 5. The largest absolute Gasteiger partial charge is 0.369 e. The molecule has 1 aliphatic rings. The van der Waals surface area contributed by atoms with E-state index in [0.29, 0.717) is 17.0 Å². The summed E-state index contributed by atoms with van der Waals surface area (Å²) in [5.74, 6) is -1.05. The zero-order chi connectivity index (χ0) is 21.3. The second-order valence-corrected chi connectivity index (χ2v) is 8.84. The van der Waals surface area contributed by atoms with Crippen molar-refractivity contribution in [2.24, 2.45) is 0 Å². The molecule has 0 amide bonds. The van der Waals surface area contributed by atoms with Gasteiger partial charge < -0.3 is 4.74 Å². The van der Waals surface area contributed by atoms with E-state index in [0.717, 1.165) is 6.07 Å². The maximum absolute atomic E-state index is 14.3. The van der Waals surface area contributed by atoms with E-state index in [1.807, 2.05) is 0 Å². The Morgan fingerprint density at radius 1 is 1.07 bits per heavy atom. The fraction of sp³-hybridized carbons (Fsp3) is 0.238. The summed E-state index contributed by atoms with van der Waals surface area (Å²) in [6.45, 7) is 1.75. The van der Waals surface area contributed by atoms with Gasteiger partial charge in [-0.15, -0.1) is 0 Å². The SMILES string of the molecule is Cc1ccc(S(=O)(=O)N2CCO[C@H](c3nccnc3-c3ccccc3F)C2)cc1F. The van der Waals surface area contributed by atoms with Gasteiger partial charge in [0.1, 0.15) is 17.7 Å². The van der Waals surface area contributed by atoms with Crippen LogP contribution in [0.3, 0.4) is 0 Å². The molecule has 156 valence electrons. The van der Waals surface area contributed by atoms with Crippen molar-refractivity contribution in [2.45, 2.75) is 17.9 Å². The van der Waals surface area contributed by atoms with E-state index < -0.39 is 27.8 Å². The molecule has 2 heterocycles. The molecule has 1 aliphatic heterocycles. The van der Waals surface area contributed by atoms with Crippen LogP contribution in [0.25, 0.3) is 11.3 Å². The molecule has 4 rings (SSSR count). The Hall–Kier alpha value is -2.75. The number of halogens is 2. The third-order valence-corrected chi connectivity index (χ3v) is 6.83. The van der Waals surface area contributed by atoms with Gasteiger partial charge in [0.05, 0.1) is 22.9 Å². The summed E-state index contributed by atoms with van der Waals surface area (Å²) in [5.41, 5.74) is 1.26. The lowest BCUT2D eigenvalue weighted by Gasteiger charge is -2.32. The van der Waals surface area contributed by atoms with Crippen molar-refractivity contribution in [3.8, 4) is 11.3 Å². The van der Waals surface area contributed by atoms with Crippen molar-refractivity contribution in [2.75, 3.05) is 19.7 Å². The Bertz CT molecular complexity index is 1190. The Morgan fingerprint density at radius 3 is 2.60 bits per heavy atom. The maximum atomic E-state index is 14.3. The van der Waals surface area contributed by atoms with Crippen LogP contribution in [0, 0.1) is 18.6 Å². The van der Waals surface area contributed by atoms with Crippen molar-refractivity contribution in [1.29, 1.82) is 0 Å². The number of rotatable bonds is 4. The van der Waals surface area contributed by atoms with E-state index in [2.05, 4.69) is 9.97 Å². The molecule has 3 aromatic rings. The summed E-state index contributed by atoms with van der Waals surface area (Å²) in [6.07, 6.45) is 2.15. The van der Waals surface area contributed by atoms with Crippen LogP contribution in [0.15, 0.2) is 59.8 Å². The Labute approximate surface area is 173 Å². The van der Waals surface area contributed by atoms with Gasteiger partial charge in [-0.05, 0) is 36.8 Å². The molecule has 9 heteroatoms. The number of hydrogen-bond donors (Lipinski definition) is 0. The maximum Gasteiger partial charge on any atom is 0.243 e. The van der Waals surface area contributed by atoms with Gasteiger partial charge in [0, 0.05) is 31.0 Å². The van der Waals surface area contributed by atoms with Crippen molar-refractivity contribution >= 4 is 10.0 Å². The first kappa shape index (κ1) is 20.5. The summed E-state index contributed by atoms with van der Waals surface area (Å²) in [4.78, 5) is 8.43. The van der Waals surface area contributed by atoms with E-state index in [1.54, 1.807) is 25.1 Å². The molecule has 1 aromatic heterocycles. The fourth-order valence-corrected chi connectivity index (χ4v) is 4.77. The first-order valence-corrected chi connectivity index (χ1v) is 10.8. The number of benzene rings is 2. The zero-order valence-corrected chi connectivity index (χ0v) is 16.9. The highest BCUT2D eigenvalue weighted by atomic mass is 32.2. The molecule has 0 bridgehead atoms. The van der Waals surface area contributed by atoms with Crippen LogP contribution in [0.2, 0.25) is 0 Å². The van der Waals surface area contributed by atoms with Crippen molar-refractivity contribution in [3.05, 3.63) is 77.8 Å². The van der Waals surface area contributed by atoms with Gasteiger partial charge in [-0.3, -0.25) is 9.97 Å². The molecule has 0 unspecified atom stereocenters. The standard InChI is InChI=1S/C21H19F2N3O3S/c1-14-6-7-15(12-18(14)23)30(27,28)26-10-11-29-19(13-26)21-20(24-8-9-25-21)16-4-2-3-5-17(16)22/h2-9,12,19H,10-11,13H2,1H3/t19-/m0/s1. The Kier molecular flexibility index (Phi) is 5.59. The van der Waals surface area contributed by atoms with Crippen LogP contribution in [0.1, 0.15) is 17.4 Å². The monoisotopic (exact) mass is 431 g/mol. The predicted octanol–water partition coefficient (Wildman–Crippen LogP) is 3.49. The van der Waals surface area contributed by atoms with Gasteiger partial charge in [-0.2, -0.15) is 4.31 Å². The molecule has 6 nitrogen and oxygen atoms in total. The number of sulfonamides is 1. The van der Waals surface area contributed by atoms with Crippen LogP contribution >= 0.6 is 0 Å². The van der Waals surface area contributed by atoms with Gasteiger partial charge in [0.25, 0.3) is 0 Å². The molecule has 0 N–H and O–H groups in total. The molecule has 1 atom stereocenters. The van der Waals surface area contributed by atoms with Crippen molar-refractivity contribution in [3.63, 3.8) is 0 Å². The van der Waals surface area contributed by atoms with Crippen LogP contribution in [-0.2, 0) is 14.8 Å². The first-order valence-electron chi connectivity index (χ1n) is 9.31. The second kappa shape index (κ2) is 8.17. The summed E-state index contributed by atoms with van der Waals surface area (Å²) in [6, 6.07) is 9.97. The molecule has 1 fully saturated rings. The van der Waals surface area contributed by atoms with Gasteiger partial charge in [-0.1, -0.05) is 18.2 Å². The Balaban J connectivity index is 1.67. The van der Waals surface area contributed by atoms with E-state index >= 15 is 0 Å². The molecule has 30 heavy (non-hydrogen) atoms. The summed E-state index contributed by atoms with van der Waals surface area (Å²) in [5, 5.41) is 0.